The maximum absolute atomic E-state index is 4.44. The molecule has 1 fully saturated rings. The van der Waals surface area contributed by atoms with Gasteiger partial charge >= 0.3 is 0 Å². The van der Waals surface area contributed by atoms with Gasteiger partial charge in [-0.2, -0.15) is 11.8 Å². The van der Waals surface area contributed by atoms with E-state index in [0.717, 1.165) is 48.6 Å². The SMILES string of the molecule is CN=C(NCCCc1nnc(SC)n1C1CCCC1)NCCSC.I. The van der Waals surface area contributed by atoms with Crippen LogP contribution in [-0.4, -0.2) is 59.1 Å². The van der Waals surface area contributed by atoms with Crippen molar-refractivity contribution in [2.45, 2.75) is 49.7 Å². The second kappa shape index (κ2) is 13.1. The Morgan fingerprint density at radius 1 is 1.20 bits per heavy atom. The molecule has 0 aromatic carbocycles. The highest BCUT2D eigenvalue weighted by atomic mass is 127. The molecule has 0 aliphatic heterocycles. The largest absolute Gasteiger partial charge is 0.356 e. The zero-order valence-electron chi connectivity index (χ0n) is 15.5. The number of nitrogens with zero attached hydrogens (tertiary/aromatic N) is 4. The van der Waals surface area contributed by atoms with Crippen molar-refractivity contribution < 1.29 is 0 Å². The van der Waals surface area contributed by atoms with Crippen LogP contribution in [-0.2, 0) is 6.42 Å². The highest BCUT2D eigenvalue weighted by Gasteiger charge is 2.23. The topological polar surface area (TPSA) is 67.1 Å². The fourth-order valence-electron chi connectivity index (χ4n) is 3.09. The normalized spacial score (nSPS) is 15.2. The molecule has 6 nitrogen and oxygen atoms in total. The molecule has 0 saturated heterocycles. The highest BCUT2D eigenvalue weighted by molar-refractivity contribution is 14.0. The number of halogens is 1. The van der Waals surface area contributed by atoms with E-state index < -0.39 is 0 Å². The summed E-state index contributed by atoms with van der Waals surface area (Å²) in [6, 6.07) is 0.603. The standard InChI is InChI=1S/C16H30N6S2.HI/c1-17-15(19-11-12-23-2)18-10-6-9-14-20-21-16(24-3)22(14)13-7-4-5-8-13;/h13H,4-12H2,1-3H3,(H2,17,18,19);1H. The van der Waals surface area contributed by atoms with Gasteiger partial charge in [-0.1, -0.05) is 24.6 Å². The number of guanidine groups is 1. The summed E-state index contributed by atoms with van der Waals surface area (Å²) in [4.78, 5) is 4.25. The van der Waals surface area contributed by atoms with E-state index in [1.54, 1.807) is 11.8 Å². The molecule has 1 heterocycles. The van der Waals surface area contributed by atoms with Gasteiger partial charge in [0.2, 0.25) is 0 Å². The molecule has 0 amide bonds. The van der Waals surface area contributed by atoms with Crippen LogP contribution in [0.3, 0.4) is 0 Å². The Kier molecular flexibility index (Phi) is 12.0. The number of thioether (sulfide) groups is 2. The van der Waals surface area contributed by atoms with Crippen molar-refractivity contribution in [3.05, 3.63) is 5.82 Å². The summed E-state index contributed by atoms with van der Waals surface area (Å²) < 4.78 is 2.39. The van der Waals surface area contributed by atoms with Gasteiger partial charge in [-0.15, -0.1) is 34.2 Å². The first kappa shape index (κ1) is 22.9. The van der Waals surface area contributed by atoms with E-state index in [1.165, 1.54) is 25.7 Å². The molecule has 0 spiro atoms. The van der Waals surface area contributed by atoms with Gasteiger partial charge in [0.05, 0.1) is 0 Å². The minimum absolute atomic E-state index is 0. The first-order chi connectivity index (χ1) is 11.8. The van der Waals surface area contributed by atoms with Crippen LogP contribution in [0.25, 0.3) is 0 Å². The van der Waals surface area contributed by atoms with Gasteiger partial charge in [0.25, 0.3) is 0 Å². The third kappa shape index (κ3) is 7.16. The summed E-state index contributed by atoms with van der Waals surface area (Å²) in [5.41, 5.74) is 0. The average molecular weight is 499 g/mol. The van der Waals surface area contributed by atoms with Crippen molar-refractivity contribution in [1.29, 1.82) is 0 Å². The summed E-state index contributed by atoms with van der Waals surface area (Å²) in [6.45, 7) is 1.83. The van der Waals surface area contributed by atoms with Crippen molar-refractivity contribution in [2.75, 3.05) is 38.4 Å². The number of aliphatic imine (C=N–C) groups is 1. The van der Waals surface area contributed by atoms with Crippen LogP contribution in [0.2, 0.25) is 0 Å². The molecule has 9 heteroatoms. The van der Waals surface area contributed by atoms with E-state index in [2.05, 4.69) is 42.9 Å². The quantitative estimate of drug-likeness (QED) is 0.179. The summed E-state index contributed by atoms with van der Waals surface area (Å²) >= 11 is 3.54. The maximum atomic E-state index is 4.44. The molecule has 1 saturated carbocycles. The fraction of sp³-hybridized carbons (Fsp3) is 0.812. The van der Waals surface area contributed by atoms with Gasteiger partial charge in [0, 0.05) is 38.4 Å². The van der Waals surface area contributed by atoms with Crippen LogP contribution in [0, 0.1) is 0 Å². The lowest BCUT2D eigenvalue weighted by Crippen LogP contribution is -2.38. The predicted molar refractivity (Wildman–Crippen MR) is 121 cm³/mol. The number of aryl methyl sites for hydroxylation is 1. The van der Waals surface area contributed by atoms with Crippen LogP contribution in [0.1, 0.15) is 44.0 Å². The zero-order chi connectivity index (χ0) is 17.2. The third-order valence-corrected chi connectivity index (χ3v) is 5.56. The summed E-state index contributed by atoms with van der Waals surface area (Å²) in [7, 11) is 1.82. The van der Waals surface area contributed by atoms with E-state index in [4.69, 9.17) is 0 Å². The van der Waals surface area contributed by atoms with Crippen LogP contribution in [0.4, 0.5) is 0 Å². The third-order valence-electron chi connectivity index (χ3n) is 4.30. The Morgan fingerprint density at radius 3 is 2.56 bits per heavy atom. The summed E-state index contributed by atoms with van der Waals surface area (Å²) in [5.74, 6) is 3.10. The molecule has 0 atom stereocenters. The second-order valence-electron chi connectivity index (χ2n) is 5.93. The Morgan fingerprint density at radius 2 is 1.92 bits per heavy atom. The predicted octanol–water partition coefficient (Wildman–Crippen LogP) is 3.19. The van der Waals surface area contributed by atoms with Gasteiger partial charge in [-0.25, -0.2) is 0 Å². The zero-order valence-corrected chi connectivity index (χ0v) is 19.4. The van der Waals surface area contributed by atoms with E-state index in [-0.39, 0.29) is 24.0 Å². The first-order valence-electron chi connectivity index (χ1n) is 8.71. The van der Waals surface area contributed by atoms with Gasteiger partial charge < -0.3 is 15.2 Å². The number of hydrogen-bond donors (Lipinski definition) is 2. The molecular weight excluding hydrogens is 467 g/mol. The molecule has 1 aliphatic rings. The minimum Gasteiger partial charge on any atom is -0.356 e. The molecule has 25 heavy (non-hydrogen) atoms. The fourth-order valence-corrected chi connectivity index (χ4v) is 3.97. The van der Waals surface area contributed by atoms with Crippen molar-refractivity contribution >= 4 is 53.5 Å². The Balaban J connectivity index is 0.00000312. The lowest BCUT2D eigenvalue weighted by Gasteiger charge is -2.16. The molecule has 1 aromatic rings. The minimum atomic E-state index is 0. The first-order valence-corrected chi connectivity index (χ1v) is 11.3. The van der Waals surface area contributed by atoms with Crippen LogP contribution in [0.5, 0.6) is 0 Å². The van der Waals surface area contributed by atoms with Crippen LogP contribution < -0.4 is 10.6 Å². The molecule has 1 aromatic heterocycles. The summed E-state index contributed by atoms with van der Waals surface area (Å²) in [6.07, 6.45) is 11.4. The van der Waals surface area contributed by atoms with Crippen molar-refractivity contribution in [2.24, 2.45) is 4.99 Å². The number of rotatable bonds is 9. The van der Waals surface area contributed by atoms with E-state index in [0.29, 0.717) is 6.04 Å². The molecule has 0 unspecified atom stereocenters. The molecule has 0 radical (unpaired) electrons. The Bertz CT molecular complexity index is 517. The highest BCUT2D eigenvalue weighted by Crippen LogP contribution is 2.33. The average Bonchev–Trinajstić information content (AvgIpc) is 3.25. The summed E-state index contributed by atoms with van der Waals surface area (Å²) in [5, 5.41) is 16.6. The van der Waals surface area contributed by atoms with Crippen LogP contribution >= 0.6 is 47.5 Å². The Hall–Kier alpha value is -0.160. The Labute approximate surface area is 177 Å². The lowest BCUT2D eigenvalue weighted by molar-refractivity contribution is 0.460. The van der Waals surface area contributed by atoms with E-state index in [1.807, 2.05) is 18.8 Å². The van der Waals surface area contributed by atoms with Gasteiger partial charge in [0.1, 0.15) is 5.82 Å². The molecule has 144 valence electrons. The molecule has 1 aliphatic carbocycles. The smallest absolute Gasteiger partial charge is 0.191 e. The molecule has 2 rings (SSSR count). The van der Waals surface area contributed by atoms with Gasteiger partial charge in [-0.05, 0) is 31.8 Å². The number of nitrogens with one attached hydrogen (secondary N) is 2. The van der Waals surface area contributed by atoms with Gasteiger partial charge in [0.15, 0.2) is 11.1 Å². The van der Waals surface area contributed by atoms with Crippen LogP contribution in [0.15, 0.2) is 10.1 Å². The van der Waals surface area contributed by atoms with Crippen molar-refractivity contribution in [3.8, 4) is 0 Å². The molecule has 2 N–H and O–H groups in total. The second-order valence-corrected chi connectivity index (χ2v) is 7.69. The van der Waals surface area contributed by atoms with Crippen molar-refractivity contribution in [1.82, 2.24) is 25.4 Å². The number of hydrogen-bond acceptors (Lipinski definition) is 5. The molecular formula is C16H31IN6S2. The number of aromatic nitrogens is 3. The van der Waals surface area contributed by atoms with Crippen molar-refractivity contribution in [3.63, 3.8) is 0 Å². The lowest BCUT2D eigenvalue weighted by atomic mass is 10.2. The maximum Gasteiger partial charge on any atom is 0.191 e. The van der Waals surface area contributed by atoms with Gasteiger partial charge in [-0.3, -0.25) is 4.99 Å². The van der Waals surface area contributed by atoms with E-state index >= 15 is 0 Å². The van der Waals surface area contributed by atoms with E-state index in [9.17, 15) is 0 Å². The molecule has 0 bridgehead atoms. The monoisotopic (exact) mass is 498 g/mol.